The Balaban J connectivity index is 1.60. The second-order valence-corrected chi connectivity index (χ2v) is 6.15. The molecule has 0 saturated carbocycles. The van der Waals surface area contributed by atoms with Crippen LogP contribution in [-0.2, 0) is 6.54 Å². The van der Waals surface area contributed by atoms with Crippen molar-refractivity contribution < 1.29 is 18.9 Å². The summed E-state index contributed by atoms with van der Waals surface area (Å²) in [6, 6.07) is 14.0. The Bertz CT molecular complexity index is 1030. The van der Waals surface area contributed by atoms with Gasteiger partial charge < -0.3 is 20.4 Å². The maximum atomic E-state index is 12.4. The van der Waals surface area contributed by atoms with Crippen molar-refractivity contribution in [3.05, 3.63) is 87.9 Å². The number of nitro benzene ring substituents is 1. The number of aryl methyl sites for hydroxylation is 1. The van der Waals surface area contributed by atoms with E-state index in [-0.39, 0.29) is 17.8 Å². The second-order valence-electron chi connectivity index (χ2n) is 6.15. The summed E-state index contributed by atoms with van der Waals surface area (Å²) < 4.78 is 5.13. The summed E-state index contributed by atoms with van der Waals surface area (Å²) >= 11 is 0. The van der Waals surface area contributed by atoms with Crippen LogP contribution in [0.15, 0.2) is 65.3 Å². The van der Waals surface area contributed by atoms with Gasteiger partial charge >= 0.3 is 6.03 Å². The van der Waals surface area contributed by atoms with E-state index in [0.717, 1.165) is 0 Å². The summed E-state index contributed by atoms with van der Waals surface area (Å²) in [4.78, 5) is 35.0. The number of nitrogens with one attached hydrogen (secondary N) is 3. The Kier molecular flexibility index (Phi) is 5.88. The molecule has 0 radical (unpaired) electrons. The van der Waals surface area contributed by atoms with Crippen LogP contribution in [0.3, 0.4) is 0 Å². The van der Waals surface area contributed by atoms with Crippen molar-refractivity contribution in [3.63, 3.8) is 0 Å². The molecule has 0 unspecified atom stereocenters. The van der Waals surface area contributed by atoms with Crippen molar-refractivity contribution in [1.82, 2.24) is 5.32 Å². The van der Waals surface area contributed by atoms with Crippen molar-refractivity contribution in [2.75, 3.05) is 10.6 Å². The van der Waals surface area contributed by atoms with E-state index in [4.69, 9.17) is 4.42 Å². The molecule has 3 N–H and O–H groups in total. The largest absolute Gasteiger partial charge is 0.467 e. The van der Waals surface area contributed by atoms with Gasteiger partial charge in [0.05, 0.1) is 17.7 Å². The van der Waals surface area contributed by atoms with E-state index >= 15 is 0 Å². The molecule has 9 nitrogen and oxygen atoms in total. The van der Waals surface area contributed by atoms with Gasteiger partial charge in [-0.25, -0.2) is 4.79 Å². The third-order valence-electron chi connectivity index (χ3n) is 4.07. The predicted octanol–water partition coefficient (Wildman–Crippen LogP) is 4.07. The van der Waals surface area contributed by atoms with Crippen molar-refractivity contribution in [2.45, 2.75) is 13.5 Å². The molecule has 0 aliphatic carbocycles. The number of hydrogen-bond donors (Lipinski definition) is 3. The highest BCUT2D eigenvalue weighted by atomic mass is 16.6. The standard InChI is InChI=1S/C20H18N4O5/c1-13-4-2-6-17(18(13)24(27)28)19(25)22-14-7-9-15(10-8-14)23-20(26)21-12-16-5-3-11-29-16/h2-11H,12H2,1H3,(H,22,25)(H2,21,23,26). The lowest BCUT2D eigenvalue weighted by atomic mass is 10.1. The summed E-state index contributed by atoms with van der Waals surface area (Å²) in [5.41, 5.74) is 1.11. The zero-order valence-electron chi connectivity index (χ0n) is 15.5. The number of carbonyl (C=O) groups excluding carboxylic acids is 2. The molecule has 0 spiro atoms. The molecular weight excluding hydrogens is 376 g/mol. The summed E-state index contributed by atoms with van der Waals surface area (Å²) in [5.74, 6) is 0.0424. The van der Waals surface area contributed by atoms with E-state index in [1.807, 2.05) is 0 Å². The number of urea groups is 1. The van der Waals surface area contributed by atoms with E-state index in [1.165, 1.54) is 12.3 Å². The van der Waals surface area contributed by atoms with Crippen LogP contribution in [0.1, 0.15) is 21.7 Å². The Labute approximate surface area is 165 Å². The number of furan rings is 1. The molecule has 0 aliphatic rings. The van der Waals surface area contributed by atoms with E-state index < -0.39 is 16.9 Å². The molecule has 0 aliphatic heterocycles. The first-order valence-corrected chi connectivity index (χ1v) is 8.66. The van der Waals surface area contributed by atoms with E-state index in [1.54, 1.807) is 55.5 Å². The normalized spacial score (nSPS) is 10.2. The Morgan fingerprint density at radius 2 is 1.69 bits per heavy atom. The van der Waals surface area contributed by atoms with Crippen LogP contribution in [0.2, 0.25) is 0 Å². The number of carbonyl (C=O) groups is 2. The molecule has 2 aromatic carbocycles. The topological polar surface area (TPSA) is 127 Å². The molecule has 0 bridgehead atoms. The fraction of sp³-hybridized carbons (Fsp3) is 0.100. The van der Waals surface area contributed by atoms with Gasteiger partial charge in [0.25, 0.3) is 11.6 Å². The van der Waals surface area contributed by atoms with Crippen LogP contribution >= 0.6 is 0 Å². The highest BCUT2D eigenvalue weighted by molar-refractivity contribution is 6.07. The van der Waals surface area contributed by atoms with Crippen LogP contribution in [0.25, 0.3) is 0 Å². The summed E-state index contributed by atoms with van der Waals surface area (Å²) in [7, 11) is 0. The fourth-order valence-electron chi connectivity index (χ4n) is 2.68. The minimum Gasteiger partial charge on any atom is -0.467 e. The highest BCUT2D eigenvalue weighted by Gasteiger charge is 2.22. The molecule has 29 heavy (non-hydrogen) atoms. The maximum Gasteiger partial charge on any atom is 0.319 e. The average Bonchev–Trinajstić information content (AvgIpc) is 3.21. The van der Waals surface area contributed by atoms with Gasteiger partial charge in [-0.3, -0.25) is 14.9 Å². The van der Waals surface area contributed by atoms with Gasteiger partial charge in [0.2, 0.25) is 0 Å². The molecular formula is C20H18N4O5. The average molecular weight is 394 g/mol. The summed E-state index contributed by atoms with van der Waals surface area (Å²) in [5, 5.41) is 19.2. The SMILES string of the molecule is Cc1cccc(C(=O)Nc2ccc(NC(=O)NCc3ccco3)cc2)c1[N+](=O)[O-]. The lowest BCUT2D eigenvalue weighted by Crippen LogP contribution is -2.27. The first-order valence-electron chi connectivity index (χ1n) is 8.66. The van der Waals surface area contributed by atoms with Gasteiger partial charge in [0.15, 0.2) is 0 Å². The van der Waals surface area contributed by atoms with Gasteiger partial charge in [0, 0.05) is 16.9 Å². The number of hydrogen-bond acceptors (Lipinski definition) is 5. The van der Waals surface area contributed by atoms with Gasteiger partial charge in [-0.1, -0.05) is 12.1 Å². The monoisotopic (exact) mass is 394 g/mol. The zero-order valence-corrected chi connectivity index (χ0v) is 15.5. The van der Waals surface area contributed by atoms with Crippen LogP contribution in [0, 0.1) is 17.0 Å². The number of amides is 3. The molecule has 1 aromatic heterocycles. The number of para-hydroxylation sites is 1. The third-order valence-corrected chi connectivity index (χ3v) is 4.07. The van der Waals surface area contributed by atoms with Crippen LogP contribution in [-0.4, -0.2) is 16.9 Å². The number of nitrogens with zero attached hydrogens (tertiary/aromatic N) is 1. The number of rotatable bonds is 6. The van der Waals surface area contributed by atoms with Crippen molar-refractivity contribution in [3.8, 4) is 0 Å². The molecule has 0 atom stereocenters. The van der Waals surface area contributed by atoms with E-state index in [2.05, 4.69) is 16.0 Å². The number of nitro groups is 1. The predicted molar refractivity (Wildman–Crippen MR) is 107 cm³/mol. The molecule has 9 heteroatoms. The third kappa shape index (κ3) is 4.98. The lowest BCUT2D eigenvalue weighted by Gasteiger charge is -2.09. The summed E-state index contributed by atoms with van der Waals surface area (Å²) in [6.45, 7) is 1.83. The van der Waals surface area contributed by atoms with Gasteiger partial charge in [0.1, 0.15) is 11.3 Å². The van der Waals surface area contributed by atoms with E-state index in [9.17, 15) is 19.7 Å². The molecule has 3 aromatic rings. The van der Waals surface area contributed by atoms with Crippen LogP contribution in [0.4, 0.5) is 21.9 Å². The quantitative estimate of drug-likeness (QED) is 0.429. The van der Waals surface area contributed by atoms with Gasteiger partial charge in [-0.2, -0.15) is 0 Å². The van der Waals surface area contributed by atoms with Crippen molar-refractivity contribution in [2.24, 2.45) is 0 Å². The minimum absolute atomic E-state index is 0.0190. The second kappa shape index (κ2) is 8.70. The van der Waals surface area contributed by atoms with Gasteiger partial charge in [-0.15, -0.1) is 0 Å². The fourth-order valence-corrected chi connectivity index (χ4v) is 2.68. The summed E-state index contributed by atoms with van der Waals surface area (Å²) in [6.07, 6.45) is 1.52. The van der Waals surface area contributed by atoms with Crippen molar-refractivity contribution >= 4 is 29.0 Å². The number of benzene rings is 2. The number of anilines is 2. The Morgan fingerprint density at radius 1 is 1.00 bits per heavy atom. The molecule has 0 saturated heterocycles. The highest BCUT2D eigenvalue weighted by Crippen LogP contribution is 2.24. The van der Waals surface area contributed by atoms with E-state index in [0.29, 0.717) is 22.7 Å². The van der Waals surface area contributed by atoms with Gasteiger partial charge in [-0.05, 0) is 49.4 Å². The first kappa shape index (κ1) is 19.6. The maximum absolute atomic E-state index is 12.4. The molecule has 0 fully saturated rings. The van der Waals surface area contributed by atoms with Crippen LogP contribution < -0.4 is 16.0 Å². The molecule has 3 amide bonds. The smallest absolute Gasteiger partial charge is 0.319 e. The molecule has 148 valence electrons. The first-order chi connectivity index (χ1) is 13.9. The Morgan fingerprint density at radius 3 is 2.31 bits per heavy atom. The zero-order chi connectivity index (χ0) is 20.8. The molecule has 1 heterocycles. The lowest BCUT2D eigenvalue weighted by molar-refractivity contribution is -0.385. The Hall–Kier alpha value is -4.14. The molecule has 3 rings (SSSR count). The minimum atomic E-state index is -0.586. The van der Waals surface area contributed by atoms with Crippen molar-refractivity contribution in [1.29, 1.82) is 0 Å². The van der Waals surface area contributed by atoms with Crippen LogP contribution in [0.5, 0.6) is 0 Å².